The number of thiocarbonyl (C=S) groups is 1. The lowest BCUT2D eigenvalue weighted by Gasteiger charge is -2.29. The lowest BCUT2D eigenvalue weighted by Crippen LogP contribution is -2.29. The number of pyridine rings is 1. The number of halogens is 1. The smallest absolute Gasteiger partial charge is 0.250 e. The summed E-state index contributed by atoms with van der Waals surface area (Å²) in [5.74, 6) is -0.202. The zero-order valence-corrected chi connectivity index (χ0v) is 23.8. The van der Waals surface area contributed by atoms with Crippen molar-refractivity contribution in [2.75, 3.05) is 23.9 Å². The Kier molecular flexibility index (Phi) is 7.70. The lowest BCUT2D eigenvalue weighted by atomic mass is 9.96. The molecule has 2 N–H and O–H groups in total. The molecular formula is C30H30ClN5O2S. The number of hydrogen-bond donors (Lipinski definition) is 2. The number of aryl methyl sites for hydroxylation is 2. The Morgan fingerprint density at radius 3 is 2.56 bits per heavy atom. The zero-order chi connectivity index (χ0) is 27.7. The number of nitrogens with one attached hydrogen (secondary N) is 2. The maximum absolute atomic E-state index is 12.1. The van der Waals surface area contributed by atoms with Gasteiger partial charge in [-0.2, -0.15) is 0 Å². The van der Waals surface area contributed by atoms with Gasteiger partial charge in [0.05, 0.1) is 28.5 Å². The summed E-state index contributed by atoms with van der Waals surface area (Å²) in [7, 11) is 1.50. The van der Waals surface area contributed by atoms with Crippen LogP contribution in [0.15, 0.2) is 72.9 Å². The largest absolute Gasteiger partial charge is 0.375 e. The molecule has 1 fully saturated rings. The maximum Gasteiger partial charge on any atom is 0.250 e. The summed E-state index contributed by atoms with van der Waals surface area (Å²) in [6.07, 6.45) is 1.80. The van der Waals surface area contributed by atoms with Crippen LogP contribution in [0.2, 0.25) is 5.02 Å². The van der Waals surface area contributed by atoms with E-state index in [0.717, 1.165) is 45.3 Å². The molecule has 0 bridgehead atoms. The molecule has 0 aliphatic carbocycles. The monoisotopic (exact) mass is 559 g/mol. The van der Waals surface area contributed by atoms with Gasteiger partial charge in [0.2, 0.25) is 5.91 Å². The molecule has 4 aromatic rings. The van der Waals surface area contributed by atoms with Gasteiger partial charge in [-0.3, -0.25) is 9.78 Å². The minimum Gasteiger partial charge on any atom is -0.375 e. The summed E-state index contributed by atoms with van der Waals surface area (Å²) in [5.41, 5.74) is 7.65. The molecule has 5 rings (SSSR count). The number of nitrogens with zero attached hydrogens (tertiary/aromatic N) is 3. The van der Waals surface area contributed by atoms with Gasteiger partial charge in [0, 0.05) is 36.1 Å². The first-order valence-electron chi connectivity index (χ1n) is 12.6. The molecule has 3 heterocycles. The molecule has 7 nitrogen and oxygen atoms in total. The normalized spacial score (nSPS) is 16.8. The number of amides is 1. The second-order valence-electron chi connectivity index (χ2n) is 9.59. The molecule has 0 spiro atoms. The molecular weight excluding hydrogens is 530 g/mol. The maximum atomic E-state index is 12.1. The first-order valence-corrected chi connectivity index (χ1v) is 13.4. The number of methoxy groups -OCH3 is 1. The molecule has 1 aliphatic heterocycles. The van der Waals surface area contributed by atoms with Crippen molar-refractivity contribution in [3.8, 4) is 5.69 Å². The molecule has 9 heteroatoms. The van der Waals surface area contributed by atoms with Crippen molar-refractivity contribution in [2.24, 2.45) is 0 Å². The third-order valence-electron chi connectivity index (χ3n) is 7.02. The van der Waals surface area contributed by atoms with E-state index in [-0.39, 0.29) is 24.6 Å². The van der Waals surface area contributed by atoms with Gasteiger partial charge in [-0.1, -0.05) is 29.8 Å². The molecule has 0 unspecified atom stereocenters. The predicted molar refractivity (Wildman–Crippen MR) is 160 cm³/mol. The third-order valence-corrected chi connectivity index (χ3v) is 7.65. The van der Waals surface area contributed by atoms with Crippen molar-refractivity contribution in [1.29, 1.82) is 0 Å². The fourth-order valence-electron chi connectivity index (χ4n) is 5.30. The lowest BCUT2D eigenvalue weighted by molar-refractivity contribution is -0.119. The van der Waals surface area contributed by atoms with Gasteiger partial charge in [0.15, 0.2) is 5.11 Å². The van der Waals surface area contributed by atoms with E-state index in [1.54, 1.807) is 6.20 Å². The predicted octanol–water partition coefficient (Wildman–Crippen LogP) is 6.21. The summed E-state index contributed by atoms with van der Waals surface area (Å²) in [6, 6.07) is 21.5. The fraction of sp³-hybridized carbons (Fsp3) is 0.233. The van der Waals surface area contributed by atoms with Gasteiger partial charge >= 0.3 is 0 Å². The molecule has 200 valence electrons. The van der Waals surface area contributed by atoms with E-state index in [9.17, 15) is 4.79 Å². The molecule has 2 aromatic heterocycles. The fourth-order valence-corrected chi connectivity index (χ4v) is 5.86. The summed E-state index contributed by atoms with van der Waals surface area (Å²) in [4.78, 5) is 18.9. The number of hydrogen-bond acceptors (Lipinski definition) is 4. The van der Waals surface area contributed by atoms with E-state index < -0.39 is 0 Å². The summed E-state index contributed by atoms with van der Waals surface area (Å²) in [5, 5.41) is 7.73. The Labute approximate surface area is 238 Å². The molecule has 2 aromatic carbocycles. The van der Waals surface area contributed by atoms with E-state index in [0.29, 0.717) is 10.1 Å². The third kappa shape index (κ3) is 5.15. The first-order chi connectivity index (χ1) is 18.8. The van der Waals surface area contributed by atoms with Crippen LogP contribution in [0.5, 0.6) is 0 Å². The highest BCUT2D eigenvalue weighted by atomic mass is 35.5. The number of carbonyl (C=O) groups is 1. The topological polar surface area (TPSA) is 71.4 Å². The Hall–Kier alpha value is -3.72. The van der Waals surface area contributed by atoms with Crippen molar-refractivity contribution in [1.82, 2.24) is 14.9 Å². The average Bonchev–Trinajstić information content (AvgIpc) is 3.41. The van der Waals surface area contributed by atoms with Gasteiger partial charge in [0.25, 0.3) is 0 Å². The van der Waals surface area contributed by atoms with Gasteiger partial charge in [-0.25, -0.2) is 0 Å². The number of para-hydroxylation sites is 1. The van der Waals surface area contributed by atoms with Crippen LogP contribution >= 0.6 is 23.8 Å². The van der Waals surface area contributed by atoms with Crippen molar-refractivity contribution in [3.05, 3.63) is 106 Å². The highest BCUT2D eigenvalue weighted by molar-refractivity contribution is 7.80. The molecule has 0 radical (unpaired) electrons. The second kappa shape index (κ2) is 11.2. The first kappa shape index (κ1) is 26.9. The van der Waals surface area contributed by atoms with Crippen molar-refractivity contribution >= 4 is 46.2 Å². The Bertz CT molecular complexity index is 1540. The van der Waals surface area contributed by atoms with Crippen LogP contribution in [-0.2, 0) is 9.53 Å². The van der Waals surface area contributed by atoms with Gasteiger partial charge < -0.3 is 24.8 Å². The van der Waals surface area contributed by atoms with Crippen molar-refractivity contribution in [2.45, 2.75) is 32.9 Å². The second-order valence-corrected chi connectivity index (χ2v) is 10.4. The van der Waals surface area contributed by atoms with Gasteiger partial charge in [0.1, 0.15) is 6.61 Å². The van der Waals surface area contributed by atoms with Crippen LogP contribution < -0.4 is 15.5 Å². The van der Waals surface area contributed by atoms with Crippen LogP contribution in [-0.4, -0.2) is 34.3 Å². The number of carbonyl (C=O) groups excluding carboxylic acids is 1. The molecule has 1 saturated heterocycles. The van der Waals surface area contributed by atoms with Gasteiger partial charge in [-0.05, 0) is 92.6 Å². The van der Waals surface area contributed by atoms with Gasteiger partial charge in [-0.15, -0.1) is 0 Å². The van der Waals surface area contributed by atoms with E-state index in [1.807, 2.05) is 67.6 Å². The number of aromatic nitrogens is 2. The highest BCUT2D eigenvalue weighted by Gasteiger charge is 2.42. The van der Waals surface area contributed by atoms with E-state index in [4.69, 9.17) is 28.6 Å². The minimum absolute atomic E-state index is 0.00377. The molecule has 1 amide bonds. The van der Waals surface area contributed by atoms with Crippen LogP contribution in [0, 0.1) is 20.8 Å². The quantitative estimate of drug-likeness (QED) is 0.262. The number of benzene rings is 2. The molecule has 1 aliphatic rings. The standard InChI is InChI=1S/C30H30ClN5O2S/c1-18-15-21(12-13-24(18)33-27(37)17-38-4)36-29(28(34-30(36)39)25-10-7-8-14-32-25)22-16-19(2)35(20(22)3)26-11-6-5-9-23(26)31/h5-16,28-29H,17H2,1-4H3,(H,33,37)(H,34,39)/t28-,29+/m1/s1. The Morgan fingerprint density at radius 1 is 1.10 bits per heavy atom. The van der Waals surface area contributed by atoms with Crippen molar-refractivity contribution in [3.63, 3.8) is 0 Å². The minimum atomic E-state index is -0.202. The zero-order valence-electron chi connectivity index (χ0n) is 22.2. The average molecular weight is 560 g/mol. The molecule has 39 heavy (non-hydrogen) atoms. The van der Waals surface area contributed by atoms with Crippen molar-refractivity contribution < 1.29 is 9.53 Å². The Morgan fingerprint density at radius 2 is 1.87 bits per heavy atom. The highest BCUT2D eigenvalue weighted by Crippen LogP contribution is 2.44. The van der Waals surface area contributed by atoms with Crippen LogP contribution in [0.4, 0.5) is 11.4 Å². The van der Waals surface area contributed by atoms with E-state index >= 15 is 0 Å². The van der Waals surface area contributed by atoms with Crippen LogP contribution in [0.25, 0.3) is 5.69 Å². The van der Waals surface area contributed by atoms with E-state index in [2.05, 4.69) is 45.0 Å². The summed E-state index contributed by atoms with van der Waals surface area (Å²) < 4.78 is 7.14. The number of rotatable bonds is 7. The summed E-state index contributed by atoms with van der Waals surface area (Å²) in [6.45, 7) is 6.16. The molecule has 0 saturated carbocycles. The molecule has 2 atom stereocenters. The van der Waals surface area contributed by atoms with Crippen LogP contribution in [0.1, 0.15) is 40.3 Å². The number of ether oxygens (including phenoxy) is 1. The summed E-state index contributed by atoms with van der Waals surface area (Å²) >= 11 is 12.5. The number of anilines is 2. The van der Waals surface area contributed by atoms with E-state index in [1.165, 1.54) is 7.11 Å². The SMILES string of the molecule is COCC(=O)Nc1ccc(N2C(=S)N[C@H](c3ccccn3)[C@@H]2c2cc(C)n(-c3ccccc3Cl)c2C)cc1C. The van der Waals surface area contributed by atoms with Crippen LogP contribution in [0.3, 0.4) is 0 Å². The Balaban J connectivity index is 1.62.